The van der Waals surface area contributed by atoms with Crippen LogP contribution in [0.2, 0.25) is 0 Å². The highest BCUT2D eigenvalue weighted by atomic mass is 35.7. The molecule has 0 fully saturated rings. The van der Waals surface area contributed by atoms with Gasteiger partial charge in [0.2, 0.25) is 5.91 Å². The van der Waals surface area contributed by atoms with Gasteiger partial charge in [0.15, 0.2) is 9.34 Å². The highest BCUT2D eigenvalue weighted by Crippen LogP contribution is 2.25. The molecule has 1 heterocycles. The van der Waals surface area contributed by atoms with Crippen molar-refractivity contribution in [3.8, 4) is 0 Å². The number of rotatable bonds is 3. The van der Waals surface area contributed by atoms with E-state index in [1.165, 1.54) is 0 Å². The van der Waals surface area contributed by atoms with Gasteiger partial charge in [-0.05, 0) is 0 Å². The topological polar surface area (TPSA) is 76.1 Å². The van der Waals surface area contributed by atoms with E-state index in [1.54, 1.807) is 13.8 Å². The molecule has 1 amide bonds. The third-order valence-corrected chi connectivity index (χ3v) is 4.45. The summed E-state index contributed by atoms with van der Waals surface area (Å²) < 4.78 is 21.7. The first-order valence-electron chi connectivity index (χ1n) is 4.02. The molecule has 0 unspecified atom stereocenters. The third-order valence-electron chi connectivity index (χ3n) is 1.48. The van der Waals surface area contributed by atoms with E-state index in [4.69, 9.17) is 10.7 Å². The number of hydrogen-bond acceptors (Lipinski definition) is 5. The summed E-state index contributed by atoms with van der Waals surface area (Å²) in [5.74, 6) is -0.409. The number of nitrogens with zero attached hydrogens (tertiary/aromatic N) is 1. The van der Waals surface area contributed by atoms with E-state index in [9.17, 15) is 13.2 Å². The first-order valence-corrected chi connectivity index (χ1v) is 7.14. The summed E-state index contributed by atoms with van der Waals surface area (Å²) in [7, 11) is 1.34. The summed E-state index contributed by atoms with van der Waals surface area (Å²) >= 11 is 0.823. The van der Waals surface area contributed by atoms with E-state index in [-0.39, 0.29) is 21.2 Å². The standard InChI is InChI=1S/C7H9ClN2O3S2/c1-4(2)6(11)10-7-9-3-5(14-7)15(8,12)13/h3-4H,1-2H3,(H,9,10,11). The maximum atomic E-state index is 11.2. The van der Waals surface area contributed by atoms with Crippen molar-refractivity contribution in [1.29, 1.82) is 0 Å². The molecule has 0 spiro atoms. The first-order chi connectivity index (χ1) is 6.80. The molecule has 5 nitrogen and oxygen atoms in total. The Balaban J connectivity index is 2.83. The van der Waals surface area contributed by atoms with E-state index in [1.807, 2.05) is 0 Å². The summed E-state index contributed by atoms with van der Waals surface area (Å²) in [6.45, 7) is 3.45. The Bertz CT molecular complexity index is 466. The lowest BCUT2D eigenvalue weighted by molar-refractivity contribution is -0.118. The lowest BCUT2D eigenvalue weighted by Gasteiger charge is -2.02. The van der Waals surface area contributed by atoms with Crippen LogP contribution in [0.25, 0.3) is 0 Å². The summed E-state index contributed by atoms with van der Waals surface area (Å²) in [5.41, 5.74) is 0. The predicted molar refractivity (Wildman–Crippen MR) is 58.6 cm³/mol. The van der Waals surface area contributed by atoms with Crippen LogP contribution < -0.4 is 5.32 Å². The Hall–Kier alpha value is -0.660. The van der Waals surface area contributed by atoms with E-state index < -0.39 is 9.05 Å². The highest BCUT2D eigenvalue weighted by molar-refractivity contribution is 8.15. The average molecular weight is 269 g/mol. The van der Waals surface area contributed by atoms with Gasteiger partial charge in [0.25, 0.3) is 9.05 Å². The Morgan fingerprint density at radius 3 is 2.60 bits per heavy atom. The van der Waals surface area contributed by atoms with Crippen molar-refractivity contribution >= 4 is 42.1 Å². The van der Waals surface area contributed by atoms with E-state index >= 15 is 0 Å². The van der Waals surface area contributed by atoms with Crippen molar-refractivity contribution < 1.29 is 13.2 Å². The van der Waals surface area contributed by atoms with Gasteiger partial charge in [-0.15, -0.1) is 0 Å². The monoisotopic (exact) mass is 268 g/mol. The molecule has 0 aliphatic heterocycles. The molecule has 0 saturated carbocycles. The predicted octanol–water partition coefficient (Wildman–Crippen LogP) is 1.67. The van der Waals surface area contributed by atoms with Crippen molar-refractivity contribution in [3.05, 3.63) is 6.20 Å². The van der Waals surface area contributed by atoms with Crippen LogP contribution in [0.4, 0.5) is 5.13 Å². The fourth-order valence-corrected chi connectivity index (χ4v) is 2.45. The summed E-state index contributed by atoms with van der Waals surface area (Å²) in [5, 5.41) is 2.71. The largest absolute Gasteiger partial charge is 0.302 e. The molecule has 1 rings (SSSR count). The van der Waals surface area contributed by atoms with Crippen LogP contribution in [0.3, 0.4) is 0 Å². The van der Waals surface area contributed by atoms with E-state index in [2.05, 4.69) is 10.3 Å². The molecular formula is C7H9ClN2O3S2. The van der Waals surface area contributed by atoms with Crippen LogP contribution in [-0.2, 0) is 13.8 Å². The molecule has 84 valence electrons. The molecular weight excluding hydrogens is 260 g/mol. The van der Waals surface area contributed by atoms with Crippen molar-refractivity contribution in [2.45, 2.75) is 18.1 Å². The number of anilines is 1. The van der Waals surface area contributed by atoms with Gasteiger partial charge in [-0.3, -0.25) is 4.79 Å². The zero-order valence-corrected chi connectivity index (χ0v) is 10.4. The molecule has 1 aromatic rings. The Labute approximate surface area is 95.9 Å². The SMILES string of the molecule is CC(C)C(=O)Nc1ncc(S(=O)(=O)Cl)s1. The second-order valence-electron chi connectivity index (χ2n) is 3.07. The zero-order valence-electron chi connectivity index (χ0n) is 8.02. The summed E-state index contributed by atoms with van der Waals surface area (Å²) in [6.07, 6.45) is 1.11. The summed E-state index contributed by atoms with van der Waals surface area (Å²) in [4.78, 5) is 15.0. The lowest BCUT2D eigenvalue weighted by Crippen LogP contribution is -2.17. The van der Waals surface area contributed by atoms with Crippen LogP contribution >= 0.6 is 22.0 Å². The molecule has 0 bridgehead atoms. The molecule has 1 aromatic heterocycles. The third kappa shape index (κ3) is 3.44. The van der Waals surface area contributed by atoms with Gasteiger partial charge in [0.05, 0.1) is 6.20 Å². The quantitative estimate of drug-likeness (QED) is 0.846. The van der Waals surface area contributed by atoms with Gasteiger partial charge < -0.3 is 5.32 Å². The van der Waals surface area contributed by atoms with Crippen LogP contribution in [0.1, 0.15) is 13.8 Å². The number of amides is 1. The van der Waals surface area contributed by atoms with Gasteiger partial charge in [0, 0.05) is 16.6 Å². The number of hydrogen-bond donors (Lipinski definition) is 1. The fraction of sp³-hybridized carbons (Fsp3) is 0.429. The number of carbonyl (C=O) groups excluding carboxylic acids is 1. The number of carbonyl (C=O) groups is 1. The molecule has 0 aromatic carbocycles. The van der Waals surface area contributed by atoms with Gasteiger partial charge >= 0.3 is 0 Å². The van der Waals surface area contributed by atoms with Crippen molar-refractivity contribution in [3.63, 3.8) is 0 Å². The minimum Gasteiger partial charge on any atom is -0.302 e. The molecule has 15 heavy (non-hydrogen) atoms. The van der Waals surface area contributed by atoms with Crippen LogP contribution in [0, 0.1) is 5.92 Å². The van der Waals surface area contributed by atoms with E-state index in [0.717, 1.165) is 17.5 Å². The van der Waals surface area contributed by atoms with Crippen molar-refractivity contribution in [2.75, 3.05) is 5.32 Å². The van der Waals surface area contributed by atoms with Gasteiger partial charge in [0.1, 0.15) is 0 Å². The van der Waals surface area contributed by atoms with Crippen molar-refractivity contribution in [2.24, 2.45) is 5.92 Å². The highest BCUT2D eigenvalue weighted by Gasteiger charge is 2.16. The molecule has 0 aliphatic rings. The second-order valence-corrected chi connectivity index (χ2v) is 6.89. The summed E-state index contributed by atoms with van der Waals surface area (Å²) in [6, 6.07) is 0. The van der Waals surface area contributed by atoms with Gasteiger partial charge in [-0.25, -0.2) is 13.4 Å². The molecule has 0 saturated heterocycles. The normalized spacial score (nSPS) is 11.7. The number of nitrogens with one attached hydrogen (secondary N) is 1. The fourth-order valence-electron chi connectivity index (χ4n) is 0.680. The van der Waals surface area contributed by atoms with Crippen LogP contribution in [0.15, 0.2) is 10.4 Å². The van der Waals surface area contributed by atoms with Gasteiger partial charge in [-0.1, -0.05) is 25.2 Å². The number of halogens is 1. The number of aromatic nitrogens is 1. The molecule has 0 radical (unpaired) electrons. The average Bonchev–Trinajstić information content (AvgIpc) is 2.51. The maximum absolute atomic E-state index is 11.2. The molecule has 1 N–H and O–H groups in total. The van der Waals surface area contributed by atoms with Gasteiger partial charge in [-0.2, -0.15) is 0 Å². The van der Waals surface area contributed by atoms with Crippen LogP contribution in [-0.4, -0.2) is 19.3 Å². The van der Waals surface area contributed by atoms with Crippen LogP contribution in [0.5, 0.6) is 0 Å². The Morgan fingerprint density at radius 2 is 2.20 bits per heavy atom. The minimum absolute atomic E-state index is 0.0803. The molecule has 0 atom stereocenters. The number of thiazole rings is 1. The molecule has 8 heteroatoms. The Morgan fingerprint density at radius 1 is 1.60 bits per heavy atom. The lowest BCUT2D eigenvalue weighted by atomic mass is 10.2. The van der Waals surface area contributed by atoms with E-state index in [0.29, 0.717) is 0 Å². The smallest absolute Gasteiger partial charge is 0.272 e. The molecule has 0 aliphatic carbocycles. The Kier molecular flexibility index (Phi) is 3.69. The second kappa shape index (κ2) is 4.46. The van der Waals surface area contributed by atoms with Crippen molar-refractivity contribution in [1.82, 2.24) is 4.98 Å². The first kappa shape index (κ1) is 12.4. The maximum Gasteiger partial charge on any atom is 0.272 e. The zero-order chi connectivity index (χ0) is 11.6. The minimum atomic E-state index is -3.76.